The average molecular weight is 463 g/mol. The van der Waals surface area contributed by atoms with Crippen LogP contribution >= 0.6 is 23.8 Å². The van der Waals surface area contributed by atoms with Crippen LogP contribution in [-0.2, 0) is 6.54 Å². The predicted octanol–water partition coefficient (Wildman–Crippen LogP) is 5.91. The van der Waals surface area contributed by atoms with Gasteiger partial charge in [-0.2, -0.15) is 0 Å². The third kappa shape index (κ3) is 3.70. The van der Waals surface area contributed by atoms with Gasteiger partial charge >= 0.3 is 0 Å². The number of thiocarbonyl (C=S) groups is 1. The molecule has 0 aliphatic carbocycles. The van der Waals surface area contributed by atoms with Crippen LogP contribution in [0.15, 0.2) is 77.5 Å². The number of hydrogen-bond donors (Lipinski definition) is 1. The molecule has 4 heterocycles. The Labute approximate surface area is 197 Å². The first-order chi connectivity index (χ1) is 15.5. The summed E-state index contributed by atoms with van der Waals surface area (Å²) in [6.07, 6.45) is 3.52. The van der Waals surface area contributed by atoms with Crippen LogP contribution in [0, 0.1) is 13.8 Å². The van der Waals surface area contributed by atoms with E-state index in [1.165, 1.54) is 5.56 Å². The van der Waals surface area contributed by atoms with Crippen LogP contribution in [0.25, 0.3) is 5.69 Å². The van der Waals surface area contributed by atoms with Crippen LogP contribution < -0.4 is 5.32 Å². The van der Waals surface area contributed by atoms with Gasteiger partial charge in [0, 0.05) is 28.3 Å². The van der Waals surface area contributed by atoms with Gasteiger partial charge in [0.25, 0.3) is 0 Å². The summed E-state index contributed by atoms with van der Waals surface area (Å²) < 4.78 is 7.90. The topological polar surface area (TPSA) is 46.2 Å². The second-order valence-corrected chi connectivity index (χ2v) is 8.80. The lowest BCUT2D eigenvalue weighted by Gasteiger charge is -2.27. The molecular formula is C25H23ClN4OS. The summed E-state index contributed by atoms with van der Waals surface area (Å²) in [5, 5.41) is 4.93. The van der Waals surface area contributed by atoms with E-state index in [1.54, 1.807) is 6.26 Å². The third-order valence-electron chi connectivity index (χ3n) is 5.98. The van der Waals surface area contributed by atoms with E-state index in [0.29, 0.717) is 11.7 Å². The first-order valence-corrected chi connectivity index (χ1v) is 11.3. The van der Waals surface area contributed by atoms with E-state index in [9.17, 15) is 0 Å². The van der Waals surface area contributed by atoms with Crippen molar-refractivity contribution >= 4 is 28.9 Å². The van der Waals surface area contributed by atoms with Crippen molar-refractivity contribution in [3.63, 3.8) is 0 Å². The van der Waals surface area contributed by atoms with Crippen LogP contribution in [0.4, 0.5) is 0 Å². The van der Waals surface area contributed by atoms with Crippen molar-refractivity contribution in [1.82, 2.24) is 19.8 Å². The lowest BCUT2D eigenvalue weighted by molar-refractivity contribution is 0.286. The van der Waals surface area contributed by atoms with E-state index >= 15 is 0 Å². The SMILES string of the molecule is Cc1cc([C@@H]2[C@@H](c3ccccn3)NC(=S)N2Cc2ccco2)c(C)n1-c1ccc(Cl)cc1. The summed E-state index contributed by atoms with van der Waals surface area (Å²) in [6.45, 7) is 4.86. The molecule has 5 nitrogen and oxygen atoms in total. The van der Waals surface area contributed by atoms with E-state index in [0.717, 1.165) is 33.6 Å². The monoisotopic (exact) mass is 462 g/mol. The Kier molecular flexibility index (Phi) is 5.49. The second-order valence-electron chi connectivity index (χ2n) is 7.97. The van der Waals surface area contributed by atoms with Crippen LogP contribution in [0.2, 0.25) is 5.02 Å². The maximum Gasteiger partial charge on any atom is 0.170 e. The Morgan fingerprint density at radius 1 is 1.09 bits per heavy atom. The van der Waals surface area contributed by atoms with E-state index in [4.69, 9.17) is 28.2 Å². The van der Waals surface area contributed by atoms with Crippen molar-refractivity contribution in [2.45, 2.75) is 32.5 Å². The fourth-order valence-corrected chi connectivity index (χ4v) is 4.99. The maximum atomic E-state index is 6.12. The highest BCUT2D eigenvalue weighted by Crippen LogP contribution is 2.42. The Morgan fingerprint density at radius 2 is 1.91 bits per heavy atom. The number of pyridine rings is 1. The highest BCUT2D eigenvalue weighted by molar-refractivity contribution is 7.80. The summed E-state index contributed by atoms with van der Waals surface area (Å²) in [4.78, 5) is 6.83. The lowest BCUT2D eigenvalue weighted by Crippen LogP contribution is -2.29. The first kappa shape index (κ1) is 20.8. The summed E-state index contributed by atoms with van der Waals surface area (Å²) in [5.74, 6) is 0.868. The Morgan fingerprint density at radius 3 is 2.59 bits per heavy atom. The number of aryl methyl sites for hydroxylation is 1. The molecule has 32 heavy (non-hydrogen) atoms. The number of halogens is 1. The molecule has 1 N–H and O–H groups in total. The van der Waals surface area contributed by atoms with Crippen LogP contribution in [-0.4, -0.2) is 19.6 Å². The first-order valence-electron chi connectivity index (χ1n) is 10.5. The minimum atomic E-state index is -0.0715. The van der Waals surface area contributed by atoms with Crippen molar-refractivity contribution < 1.29 is 4.42 Å². The van der Waals surface area contributed by atoms with Crippen LogP contribution in [0.1, 0.15) is 40.5 Å². The van der Waals surface area contributed by atoms with Crippen molar-refractivity contribution in [2.75, 3.05) is 0 Å². The van der Waals surface area contributed by atoms with E-state index in [1.807, 2.05) is 60.8 Å². The normalized spacial score (nSPS) is 18.2. The standard InChI is InChI=1S/C25H23ClN4OS/c1-16-14-21(17(2)30(16)19-10-8-18(26)9-11-19)24-23(22-7-3-4-12-27-22)28-25(32)29(24)15-20-6-5-13-31-20/h3-14,23-24H,15H2,1-2H3,(H,28,32)/t23-,24-/m1/s1. The minimum absolute atomic E-state index is 0.0326. The van der Waals surface area contributed by atoms with Gasteiger partial charge in [-0.05, 0) is 86.2 Å². The highest BCUT2D eigenvalue weighted by Gasteiger charge is 2.41. The van der Waals surface area contributed by atoms with E-state index in [-0.39, 0.29) is 12.1 Å². The number of aromatic nitrogens is 2. The number of furan rings is 1. The van der Waals surface area contributed by atoms with Gasteiger partial charge in [-0.1, -0.05) is 17.7 Å². The molecule has 0 bridgehead atoms. The molecule has 1 fully saturated rings. The molecule has 7 heteroatoms. The number of hydrogen-bond acceptors (Lipinski definition) is 3. The Balaban J connectivity index is 1.62. The summed E-state index contributed by atoms with van der Waals surface area (Å²) in [7, 11) is 0. The molecule has 1 saturated heterocycles. The highest BCUT2D eigenvalue weighted by atomic mass is 35.5. The minimum Gasteiger partial charge on any atom is -0.467 e. The molecule has 2 atom stereocenters. The fraction of sp³-hybridized carbons (Fsp3) is 0.200. The molecule has 3 aromatic heterocycles. The van der Waals surface area contributed by atoms with Gasteiger partial charge in [-0.3, -0.25) is 4.98 Å². The van der Waals surface area contributed by atoms with Gasteiger partial charge in [0.2, 0.25) is 0 Å². The van der Waals surface area contributed by atoms with Crippen molar-refractivity contribution in [1.29, 1.82) is 0 Å². The average Bonchev–Trinajstić information content (AvgIpc) is 3.49. The van der Waals surface area contributed by atoms with Crippen molar-refractivity contribution in [2.24, 2.45) is 0 Å². The zero-order valence-electron chi connectivity index (χ0n) is 17.8. The summed E-state index contributed by atoms with van der Waals surface area (Å²) in [6, 6.07) is 19.9. The van der Waals surface area contributed by atoms with Gasteiger partial charge in [0.15, 0.2) is 5.11 Å². The van der Waals surface area contributed by atoms with Gasteiger partial charge in [0.1, 0.15) is 5.76 Å². The molecule has 0 radical (unpaired) electrons. The van der Waals surface area contributed by atoms with Gasteiger partial charge in [0.05, 0.1) is 30.6 Å². The number of nitrogens with zero attached hydrogens (tertiary/aromatic N) is 3. The number of nitrogens with one attached hydrogen (secondary N) is 1. The quantitative estimate of drug-likeness (QED) is 0.373. The Hall–Kier alpha value is -3.09. The molecule has 162 valence electrons. The molecule has 1 aliphatic heterocycles. The van der Waals surface area contributed by atoms with Crippen molar-refractivity contribution in [3.05, 3.63) is 107 Å². The zero-order chi connectivity index (χ0) is 22.2. The summed E-state index contributed by atoms with van der Waals surface area (Å²) in [5.41, 5.74) is 5.54. The lowest BCUT2D eigenvalue weighted by atomic mass is 9.96. The number of rotatable bonds is 5. The van der Waals surface area contributed by atoms with Gasteiger partial charge < -0.3 is 19.2 Å². The predicted molar refractivity (Wildman–Crippen MR) is 130 cm³/mol. The van der Waals surface area contributed by atoms with Gasteiger partial charge in [-0.25, -0.2) is 0 Å². The third-order valence-corrected chi connectivity index (χ3v) is 6.58. The smallest absolute Gasteiger partial charge is 0.170 e. The molecule has 0 spiro atoms. The molecule has 1 aromatic carbocycles. The molecule has 1 aliphatic rings. The van der Waals surface area contributed by atoms with Gasteiger partial charge in [-0.15, -0.1) is 0 Å². The Bertz CT molecular complexity index is 1240. The molecule has 0 unspecified atom stereocenters. The zero-order valence-corrected chi connectivity index (χ0v) is 19.4. The second kappa shape index (κ2) is 8.45. The fourth-order valence-electron chi connectivity index (χ4n) is 4.56. The molecule has 0 saturated carbocycles. The molecular weight excluding hydrogens is 440 g/mol. The molecule has 0 amide bonds. The van der Waals surface area contributed by atoms with E-state index < -0.39 is 0 Å². The van der Waals surface area contributed by atoms with Crippen LogP contribution in [0.5, 0.6) is 0 Å². The maximum absolute atomic E-state index is 6.12. The molecule has 4 aromatic rings. The van der Waals surface area contributed by atoms with Crippen LogP contribution in [0.3, 0.4) is 0 Å². The summed E-state index contributed by atoms with van der Waals surface area (Å²) >= 11 is 11.9. The largest absolute Gasteiger partial charge is 0.467 e. The molecule has 5 rings (SSSR count). The number of benzene rings is 1. The van der Waals surface area contributed by atoms with E-state index in [2.05, 4.69) is 39.7 Å². The van der Waals surface area contributed by atoms with Crippen molar-refractivity contribution in [3.8, 4) is 5.69 Å².